The second-order valence-corrected chi connectivity index (χ2v) is 6.65. The number of nitrogens with one attached hydrogen (secondary N) is 3. The highest BCUT2D eigenvalue weighted by Gasteiger charge is 2.17. The number of benzene rings is 1. The third-order valence-corrected chi connectivity index (χ3v) is 4.28. The molecule has 0 spiro atoms. The molecule has 0 bridgehead atoms. The van der Waals surface area contributed by atoms with Gasteiger partial charge in [-0.2, -0.15) is 0 Å². The Morgan fingerprint density at radius 3 is 3.00 bits per heavy atom. The molecule has 1 aromatic rings. The average Bonchev–Trinajstić information content (AvgIpc) is 3.20. The topological polar surface area (TPSA) is 84.0 Å². The van der Waals surface area contributed by atoms with Crippen LogP contribution in [0.1, 0.15) is 36.2 Å². The van der Waals surface area contributed by atoms with Gasteiger partial charge in [0.25, 0.3) is 5.91 Å². The predicted molar refractivity (Wildman–Crippen MR) is 107 cm³/mol. The van der Waals surface area contributed by atoms with Gasteiger partial charge in [-0.1, -0.05) is 12.1 Å². The van der Waals surface area contributed by atoms with Crippen LogP contribution in [0.5, 0.6) is 0 Å². The van der Waals surface area contributed by atoms with E-state index in [0.29, 0.717) is 25.3 Å². The van der Waals surface area contributed by atoms with Crippen LogP contribution in [0.3, 0.4) is 0 Å². The van der Waals surface area contributed by atoms with Crippen LogP contribution < -0.4 is 16.0 Å². The molecule has 27 heavy (non-hydrogen) atoms. The minimum absolute atomic E-state index is 0.0724. The lowest BCUT2D eigenvalue weighted by atomic mass is 10.1. The number of carbonyl (C=O) groups is 1. The molecule has 7 heteroatoms. The maximum absolute atomic E-state index is 11.7. The zero-order valence-electron chi connectivity index (χ0n) is 16.6. The molecule has 150 valence electrons. The number of aliphatic imine (C=N–C) groups is 1. The molecule has 2 rings (SSSR count). The van der Waals surface area contributed by atoms with Crippen LogP contribution in [0.4, 0.5) is 0 Å². The van der Waals surface area contributed by atoms with Crippen LogP contribution in [-0.4, -0.2) is 64.0 Å². The Kier molecular flexibility index (Phi) is 9.07. The minimum atomic E-state index is -0.0724. The summed E-state index contributed by atoms with van der Waals surface area (Å²) in [7, 11) is 1.64. The van der Waals surface area contributed by atoms with Gasteiger partial charge in [-0.05, 0) is 44.4 Å². The molecule has 1 aromatic carbocycles. The second kappa shape index (κ2) is 11.6. The smallest absolute Gasteiger partial charge is 0.251 e. The van der Waals surface area contributed by atoms with E-state index < -0.39 is 0 Å². The van der Waals surface area contributed by atoms with E-state index in [9.17, 15) is 4.79 Å². The molecule has 1 amide bonds. The van der Waals surface area contributed by atoms with Crippen molar-refractivity contribution >= 4 is 11.9 Å². The molecule has 0 saturated carbocycles. The summed E-state index contributed by atoms with van der Waals surface area (Å²) in [5.74, 6) is 0.704. The van der Waals surface area contributed by atoms with Gasteiger partial charge in [0.1, 0.15) is 0 Å². The largest absolute Gasteiger partial charge is 0.379 e. The maximum Gasteiger partial charge on any atom is 0.251 e. The molecule has 1 saturated heterocycles. The van der Waals surface area contributed by atoms with E-state index in [4.69, 9.17) is 9.47 Å². The molecule has 3 N–H and O–H groups in total. The highest BCUT2D eigenvalue weighted by Crippen LogP contribution is 2.08. The first-order valence-electron chi connectivity index (χ1n) is 9.67. The number of hydrogen-bond donors (Lipinski definition) is 3. The number of carbonyl (C=O) groups excluding carboxylic acids is 1. The number of guanidine groups is 1. The Balaban J connectivity index is 1.82. The van der Waals surface area contributed by atoms with Crippen molar-refractivity contribution < 1.29 is 14.3 Å². The lowest BCUT2D eigenvalue weighted by Crippen LogP contribution is -2.44. The van der Waals surface area contributed by atoms with Gasteiger partial charge in [-0.15, -0.1) is 0 Å². The van der Waals surface area contributed by atoms with Crippen LogP contribution in [0, 0.1) is 0 Å². The number of ether oxygens (including phenoxy) is 2. The summed E-state index contributed by atoms with van der Waals surface area (Å²) in [6, 6.07) is 7.80. The minimum Gasteiger partial charge on any atom is -0.379 e. The van der Waals surface area contributed by atoms with E-state index in [0.717, 1.165) is 37.5 Å². The lowest BCUT2D eigenvalue weighted by Gasteiger charge is -2.19. The first kappa shape index (κ1) is 21.2. The average molecular weight is 377 g/mol. The van der Waals surface area contributed by atoms with E-state index in [2.05, 4.69) is 27.9 Å². The van der Waals surface area contributed by atoms with Gasteiger partial charge in [0.15, 0.2) is 5.96 Å². The SMILES string of the molecule is CCNC(=NCCc1cccc(C(=O)NC)c1)NC(C)COC1CCOC1. The highest BCUT2D eigenvalue weighted by atomic mass is 16.5. The van der Waals surface area contributed by atoms with E-state index in [-0.39, 0.29) is 18.1 Å². The monoisotopic (exact) mass is 376 g/mol. The number of amides is 1. The van der Waals surface area contributed by atoms with E-state index in [1.165, 1.54) is 0 Å². The molecule has 2 atom stereocenters. The lowest BCUT2D eigenvalue weighted by molar-refractivity contribution is 0.0347. The molecular formula is C20H32N4O3. The molecule has 1 fully saturated rings. The molecule has 1 heterocycles. The van der Waals surface area contributed by atoms with Gasteiger partial charge < -0.3 is 25.4 Å². The van der Waals surface area contributed by atoms with Gasteiger partial charge >= 0.3 is 0 Å². The van der Waals surface area contributed by atoms with Crippen molar-refractivity contribution in [2.24, 2.45) is 4.99 Å². The fourth-order valence-corrected chi connectivity index (χ4v) is 2.83. The Hall–Kier alpha value is -2.12. The van der Waals surface area contributed by atoms with Crippen molar-refractivity contribution in [3.63, 3.8) is 0 Å². The zero-order chi connectivity index (χ0) is 19.5. The Bertz CT molecular complexity index is 615. The van der Waals surface area contributed by atoms with Crippen molar-refractivity contribution in [1.29, 1.82) is 0 Å². The molecular weight excluding hydrogens is 344 g/mol. The van der Waals surface area contributed by atoms with Crippen LogP contribution in [-0.2, 0) is 15.9 Å². The highest BCUT2D eigenvalue weighted by molar-refractivity contribution is 5.94. The summed E-state index contributed by atoms with van der Waals surface area (Å²) in [6.45, 7) is 7.65. The van der Waals surface area contributed by atoms with Gasteiger partial charge in [-0.25, -0.2) is 0 Å². The summed E-state index contributed by atoms with van der Waals surface area (Å²) in [4.78, 5) is 16.4. The molecule has 1 aliphatic rings. The van der Waals surface area contributed by atoms with E-state index >= 15 is 0 Å². The number of hydrogen-bond acceptors (Lipinski definition) is 4. The predicted octanol–water partition coefficient (Wildman–Crippen LogP) is 1.34. The third-order valence-electron chi connectivity index (χ3n) is 4.28. The van der Waals surface area contributed by atoms with Crippen LogP contribution in [0.15, 0.2) is 29.3 Å². The van der Waals surface area contributed by atoms with Crippen molar-refractivity contribution in [3.8, 4) is 0 Å². The molecule has 0 aliphatic carbocycles. The number of rotatable bonds is 9. The third kappa shape index (κ3) is 7.56. The van der Waals surface area contributed by atoms with Gasteiger partial charge in [0, 0.05) is 38.3 Å². The zero-order valence-corrected chi connectivity index (χ0v) is 16.6. The maximum atomic E-state index is 11.7. The molecule has 1 aliphatic heterocycles. The van der Waals surface area contributed by atoms with Crippen LogP contribution >= 0.6 is 0 Å². The summed E-state index contributed by atoms with van der Waals surface area (Å²) in [5, 5.41) is 9.28. The fourth-order valence-electron chi connectivity index (χ4n) is 2.83. The first-order valence-corrected chi connectivity index (χ1v) is 9.67. The normalized spacial score (nSPS) is 18.2. The molecule has 2 unspecified atom stereocenters. The number of nitrogens with zero attached hydrogens (tertiary/aromatic N) is 1. The van der Waals surface area contributed by atoms with Gasteiger partial charge in [0.2, 0.25) is 0 Å². The summed E-state index contributed by atoms with van der Waals surface area (Å²) in [5.41, 5.74) is 1.76. The second-order valence-electron chi connectivity index (χ2n) is 6.65. The van der Waals surface area contributed by atoms with Gasteiger partial charge in [-0.3, -0.25) is 9.79 Å². The van der Waals surface area contributed by atoms with E-state index in [1.54, 1.807) is 7.05 Å². The van der Waals surface area contributed by atoms with Crippen molar-refractivity contribution in [2.45, 2.75) is 38.8 Å². The fraction of sp³-hybridized carbons (Fsp3) is 0.600. The quantitative estimate of drug-likeness (QED) is 0.447. The van der Waals surface area contributed by atoms with Crippen molar-refractivity contribution in [1.82, 2.24) is 16.0 Å². The van der Waals surface area contributed by atoms with Crippen molar-refractivity contribution in [3.05, 3.63) is 35.4 Å². The van der Waals surface area contributed by atoms with Crippen LogP contribution in [0.25, 0.3) is 0 Å². The standard InChI is InChI=1S/C20H32N4O3/c1-4-22-20(24-15(2)13-27-18-9-11-26-14-18)23-10-8-16-6-5-7-17(12-16)19(25)21-3/h5-7,12,15,18H,4,8-11,13-14H2,1-3H3,(H,21,25)(H2,22,23,24). The summed E-state index contributed by atoms with van der Waals surface area (Å²) >= 11 is 0. The molecule has 7 nitrogen and oxygen atoms in total. The van der Waals surface area contributed by atoms with Crippen LogP contribution in [0.2, 0.25) is 0 Å². The summed E-state index contributed by atoms with van der Waals surface area (Å²) < 4.78 is 11.2. The van der Waals surface area contributed by atoms with Gasteiger partial charge in [0.05, 0.1) is 19.3 Å². The first-order chi connectivity index (χ1) is 13.1. The van der Waals surface area contributed by atoms with E-state index in [1.807, 2.05) is 31.2 Å². The Labute approximate surface area is 161 Å². The molecule has 0 aromatic heterocycles. The Morgan fingerprint density at radius 1 is 1.44 bits per heavy atom. The molecule has 0 radical (unpaired) electrons. The van der Waals surface area contributed by atoms with Crippen molar-refractivity contribution in [2.75, 3.05) is 40.0 Å². The Morgan fingerprint density at radius 2 is 2.30 bits per heavy atom. The summed E-state index contributed by atoms with van der Waals surface area (Å²) in [6.07, 6.45) is 1.95.